The first-order valence-electron chi connectivity index (χ1n) is 9.61. The first kappa shape index (κ1) is 18.3. The van der Waals surface area contributed by atoms with Gasteiger partial charge in [0.2, 0.25) is 5.91 Å². The van der Waals surface area contributed by atoms with Crippen molar-refractivity contribution in [2.75, 3.05) is 26.2 Å². The molecule has 1 aromatic heterocycles. The predicted molar refractivity (Wildman–Crippen MR) is 105 cm³/mol. The predicted octanol–water partition coefficient (Wildman–Crippen LogP) is 1.80. The van der Waals surface area contributed by atoms with Crippen molar-refractivity contribution in [3.8, 4) is 0 Å². The SMILES string of the molecule is O=C([C@H](Cc1ccccc1)n1cnnn1)N1CCN(Cc2ccccc2)CC1. The van der Waals surface area contributed by atoms with Gasteiger partial charge < -0.3 is 4.90 Å². The molecule has 0 aliphatic carbocycles. The highest BCUT2D eigenvalue weighted by atomic mass is 16.2. The Morgan fingerprint density at radius 2 is 1.54 bits per heavy atom. The van der Waals surface area contributed by atoms with Crippen molar-refractivity contribution in [2.45, 2.75) is 19.0 Å². The average Bonchev–Trinajstić information content (AvgIpc) is 3.28. The van der Waals surface area contributed by atoms with Crippen LogP contribution in [0.25, 0.3) is 0 Å². The second kappa shape index (κ2) is 8.75. The lowest BCUT2D eigenvalue weighted by Gasteiger charge is -2.36. The van der Waals surface area contributed by atoms with Gasteiger partial charge in [0.15, 0.2) is 0 Å². The van der Waals surface area contributed by atoms with E-state index in [9.17, 15) is 4.79 Å². The summed E-state index contributed by atoms with van der Waals surface area (Å²) in [5.74, 6) is 0.0792. The molecule has 0 radical (unpaired) electrons. The number of benzene rings is 2. The highest BCUT2D eigenvalue weighted by Crippen LogP contribution is 2.18. The molecule has 28 heavy (non-hydrogen) atoms. The van der Waals surface area contributed by atoms with Gasteiger partial charge in [0.25, 0.3) is 0 Å². The van der Waals surface area contributed by atoms with E-state index in [0.29, 0.717) is 6.42 Å². The summed E-state index contributed by atoms with van der Waals surface area (Å²) < 4.78 is 1.58. The fourth-order valence-corrected chi connectivity index (χ4v) is 3.62. The number of hydrogen-bond donors (Lipinski definition) is 0. The molecule has 7 heteroatoms. The lowest BCUT2D eigenvalue weighted by atomic mass is 10.0. The van der Waals surface area contributed by atoms with E-state index in [1.165, 1.54) is 11.9 Å². The van der Waals surface area contributed by atoms with Gasteiger partial charge in [0, 0.05) is 39.1 Å². The van der Waals surface area contributed by atoms with Crippen molar-refractivity contribution in [3.05, 3.63) is 78.1 Å². The third-order valence-electron chi connectivity index (χ3n) is 5.17. The molecule has 1 atom stereocenters. The van der Waals surface area contributed by atoms with Crippen LogP contribution in [0, 0.1) is 0 Å². The van der Waals surface area contributed by atoms with Gasteiger partial charge in [0.05, 0.1) is 0 Å². The van der Waals surface area contributed by atoms with Crippen LogP contribution in [0.2, 0.25) is 0 Å². The standard InChI is InChI=1S/C21H24N6O/c28-21(20(27-17-22-23-24-27)15-18-7-3-1-4-8-18)26-13-11-25(12-14-26)16-19-9-5-2-6-10-19/h1-10,17,20H,11-16H2/t20-/m0/s1. The molecule has 2 aromatic carbocycles. The molecule has 1 fully saturated rings. The highest BCUT2D eigenvalue weighted by molar-refractivity contribution is 5.80. The van der Waals surface area contributed by atoms with Crippen LogP contribution in [0.3, 0.4) is 0 Å². The molecule has 1 amide bonds. The van der Waals surface area contributed by atoms with Gasteiger partial charge in [-0.1, -0.05) is 60.7 Å². The normalized spacial score (nSPS) is 16.1. The summed E-state index contributed by atoms with van der Waals surface area (Å²) in [5.41, 5.74) is 2.40. The number of carbonyl (C=O) groups is 1. The molecular formula is C21H24N6O. The first-order valence-corrected chi connectivity index (χ1v) is 9.61. The van der Waals surface area contributed by atoms with Crippen LogP contribution in [-0.2, 0) is 17.8 Å². The molecule has 7 nitrogen and oxygen atoms in total. The zero-order valence-electron chi connectivity index (χ0n) is 15.8. The van der Waals surface area contributed by atoms with Gasteiger partial charge in [0.1, 0.15) is 12.4 Å². The van der Waals surface area contributed by atoms with Crippen molar-refractivity contribution in [1.82, 2.24) is 30.0 Å². The molecule has 0 spiro atoms. The van der Waals surface area contributed by atoms with Crippen LogP contribution in [0.15, 0.2) is 67.0 Å². The first-order chi connectivity index (χ1) is 13.8. The minimum Gasteiger partial charge on any atom is -0.338 e. The van der Waals surface area contributed by atoms with Gasteiger partial charge in [-0.25, -0.2) is 4.68 Å². The number of piperazine rings is 1. The smallest absolute Gasteiger partial charge is 0.248 e. The minimum absolute atomic E-state index is 0.0792. The Hall–Kier alpha value is -3.06. The van der Waals surface area contributed by atoms with E-state index in [2.05, 4.69) is 44.7 Å². The summed E-state index contributed by atoms with van der Waals surface area (Å²) in [7, 11) is 0. The summed E-state index contributed by atoms with van der Waals surface area (Å²) >= 11 is 0. The minimum atomic E-state index is -0.418. The summed E-state index contributed by atoms with van der Waals surface area (Å²) in [5, 5.41) is 11.4. The fraction of sp³-hybridized carbons (Fsp3) is 0.333. The Morgan fingerprint density at radius 3 is 2.14 bits per heavy atom. The summed E-state index contributed by atoms with van der Waals surface area (Å²) in [6.07, 6.45) is 2.10. The second-order valence-electron chi connectivity index (χ2n) is 7.08. The van der Waals surface area contributed by atoms with Crippen LogP contribution < -0.4 is 0 Å². The third-order valence-corrected chi connectivity index (χ3v) is 5.17. The van der Waals surface area contributed by atoms with Gasteiger partial charge in [-0.3, -0.25) is 9.69 Å². The lowest BCUT2D eigenvalue weighted by molar-refractivity contribution is -0.137. The monoisotopic (exact) mass is 376 g/mol. The highest BCUT2D eigenvalue weighted by Gasteiger charge is 2.29. The largest absolute Gasteiger partial charge is 0.338 e. The molecule has 1 aliphatic rings. The van der Waals surface area contributed by atoms with Crippen molar-refractivity contribution in [2.24, 2.45) is 0 Å². The Kier molecular flexibility index (Phi) is 5.72. The summed E-state index contributed by atoms with van der Waals surface area (Å²) in [4.78, 5) is 17.6. The Bertz CT molecular complexity index is 860. The quantitative estimate of drug-likeness (QED) is 0.656. The summed E-state index contributed by atoms with van der Waals surface area (Å²) in [6.45, 7) is 4.10. The molecule has 0 saturated carbocycles. The van der Waals surface area contributed by atoms with Gasteiger partial charge in [-0.05, 0) is 21.6 Å². The molecule has 2 heterocycles. The molecule has 0 N–H and O–H groups in total. The van der Waals surface area contributed by atoms with Crippen molar-refractivity contribution in [1.29, 1.82) is 0 Å². The maximum absolute atomic E-state index is 13.3. The molecule has 4 rings (SSSR count). The number of carbonyl (C=O) groups excluding carboxylic acids is 1. The van der Waals surface area contributed by atoms with Gasteiger partial charge in [-0.15, -0.1) is 5.10 Å². The maximum atomic E-state index is 13.3. The van der Waals surface area contributed by atoms with Crippen molar-refractivity contribution < 1.29 is 4.79 Å². The van der Waals surface area contributed by atoms with E-state index in [4.69, 9.17) is 0 Å². The van der Waals surface area contributed by atoms with E-state index in [1.807, 2.05) is 41.3 Å². The van der Waals surface area contributed by atoms with E-state index < -0.39 is 6.04 Å². The van der Waals surface area contributed by atoms with Gasteiger partial charge >= 0.3 is 0 Å². The van der Waals surface area contributed by atoms with Crippen molar-refractivity contribution >= 4 is 5.91 Å². The number of nitrogens with zero attached hydrogens (tertiary/aromatic N) is 6. The zero-order valence-corrected chi connectivity index (χ0v) is 15.8. The van der Waals surface area contributed by atoms with E-state index in [-0.39, 0.29) is 5.91 Å². The molecule has 0 bridgehead atoms. The third kappa shape index (κ3) is 4.43. The van der Waals surface area contributed by atoms with Crippen LogP contribution in [-0.4, -0.2) is 62.1 Å². The number of hydrogen-bond acceptors (Lipinski definition) is 5. The maximum Gasteiger partial charge on any atom is 0.248 e. The fourth-order valence-electron chi connectivity index (χ4n) is 3.62. The average molecular weight is 376 g/mol. The lowest BCUT2D eigenvalue weighted by Crippen LogP contribution is -2.50. The second-order valence-corrected chi connectivity index (χ2v) is 7.08. The van der Waals surface area contributed by atoms with Gasteiger partial charge in [-0.2, -0.15) is 0 Å². The molecule has 3 aromatic rings. The Balaban J connectivity index is 1.40. The Morgan fingerprint density at radius 1 is 0.893 bits per heavy atom. The summed E-state index contributed by atoms with van der Waals surface area (Å²) in [6, 6.07) is 20.0. The van der Waals surface area contributed by atoms with Crippen LogP contribution in [0.4, 0.5) is 0 Å². The van der Waals surface area contributed by atoms with E-state index in [1.54, 1.807) is 4.68 Å². The van der Waals surface area contributed by atoms with E-state index in [0.717, 1.165) is 38.3 Å². The number of tetrazole rings is 1. The molecule has 0 unspecified atom stereocenters. The van der Waals surface area contributed by atoms with Crippen LogP contribution >= 0.6 is 0 Å². The molecule has 1 aliphatic heterocycles. The van der Waals surface area contributed by atoms with E-state index >= 15 is 0 Å². The van der Waals surface area contributed by atoms with Crippen LogP contribution in [0.5, 0.6) is 0 Å². The number of aromatic nitrogens is 4. The Labute approximate surface area is 164 Å². The molecule has 1 saturated heterocycles. The van der Waals surface area contributed by atoms with Crippen LogP contribution in [0.1, 0.15) is 17.2 Å². The number of amides is 1. The number of rotatable bonds is 6. The topological polar surface area (TPSA) is 67.2 Å². The zero-order chi connectivity index (χ0) is 19.2. The van der Waals surface area contributed by atoms with Crippen molar-refractivity contribution in [3.63, 3.8) is 0 Å². The molecule has 144 valence electrons. The molecular weight excluding hydrogens is 352 g/mol.